The standard InChI is InChI=1S/C28H28.C8H10.C7H8.2C2H6/c1-5-20(3)25-11-8-12-26(22-15-13-19(2)14-16-22)28(25)27-18-24-10-7-6-9-23(24)17-21(27)4;1-2-8-6-4-3-5-7-8;1-7-5-3-2-4-6-7;2*1-2/h6-18,20H,5H2,1-4H3;3-7H,2H2,1H3;2-6H,1H3;2*1-2H3. The van der Waals surface area contributed by atoms with Crippen LogP contribution in [0.1, 0.15) is 88.6 Å². The van der Waals surface area contributed by atoms with E-state index in [4.69, 9.17) is 0 Å². The van der Waals surface area contributed by atoms with Crippen LogP contribution in [-0.4, -0.2) is 0 Å². The maximum absolute atomic E-state index is 2.38. The highest BCUT2D eigenvalue weighted by atomic mass is 14.2. The van der Waals surface area contributed by atoms with E-state index < -0.39 is 0 Å². The Balaban J connectivity index is 0.000000329. The van der Waals surface area contributed by atoms with Gasteiger partial charge >= 0.3 is 0 Å². The van der Waals surface area contributed by atoms with Gasteiger partial charge in [-0.15, -0.1) is 0 Å². The third-order valence-electron chi connectivity index (χ3n) is 8.16. The van der Waals surface area contributed by atoms with Crippen LogP contribution < -0.4 is 0 Å². The van der Waals surface area contributed by atoms with Gasteiger partial charge in [-0.1, -0.05) is 193 Å². The molecule has 1 unspecified atom stereocenters. The number of aryl methyl sites for hydroxylation is 4. The summed E-state index contributed by atoms with van der Waals surface area (Å²) in [6.07, 6.45) is 2.28. The largest absolute Gasteiger partial charge is 0.0683 e. The molecule has 0 heterocycles. The van der Waals surface area contributed by atoms with Crippen LogP contribution >= 0.6 is 0 Å². The third kappa shape index (κ3) is 11.7. The van der Waals surface area contributed by atoms with E-state index in [1.807, 2.05) is 52.0 Å². The maximum Gasteiger partial charge on any atom is -0.00677 e. The molecule has 0 fully saturated rings. The Bertz CT molecular complexity index is 1690. The average Bonchev–Trinajstić information content (AvgIpc) is 3.14. The first kappa shape index (κ1) is 38.8. The Hall–Kier alpha value is -4.42. The summed E-state index contributed by atoms with van der Waals surface area (Å²) in [5.41, 5.74) is 12.2. The number of fused-ring (bicyclic) bond motifs is 1. The van der Waals surface area contributed by atoms with E-state index in [9.17, 15) is 0 Å². The van der Waals surface area contributed by atoms with Crippen molar-refractivity contribution in [2.24, 2.45) is 0 Å². The molecule has 47 heavy (non-hydrogen) atoms. The monoisotopic (exact) mass is 622 g/mol. The van der Waals surface area contributed by atoms with Crippen LogP contribution in [0.25, 0.3) is 33.0 Å². The molecule has 0 aliphatic carbocycles. The first-order chi connectivity index (χ1) is 22.9. The van der Waals surface area contributed by atoms with Crippen molar-refractivity contribution in [2.75, 3.05) is 0 Å². The molecule has 1 atom stereocenters. The van der Waals surface area contributed by atoms with E-state index in [0.717, 1.165) is 12.8 Å². The fourth-order valence-corrected chi connectivity index (χ4v) is 5.35. The summed E-state index contributed by atoms with van der Waals surface area (Å²) in [6.45, 7) is 21.3. The van der Waals surface area contributed by atoms with Gasteiger partial charge in [0.2, 0.25) is 0 Å². The summed E-state index contributed by atoms with van der Waals surface area (Å²) in [7, 11) is 0. The smallest absolute Gasteiger partial charge is 0.00677 e. The average molecular weight is 623 g/mol. The molecule has 6 aromatic carbocycles. The lowest BCUT2D eigenvalue weighted by molar-refractivity contribution is 0.735. The van der Waals surface area contributed by atoms with Crippen molar-refractivity contribution in [3.05, 3.63) is 167 Å². The van der Waals surface area contributed by atoms with Crippen LogP contribution in [0.15, 0.2) is 140 Å². The molecule has 0 radical (unpaired) electrons. The zero-order valence-corrected chi connectivity index (χ0v) is 30.8. The second-order valence-corrected chi connectivity index (χ2v) is 11.5. The molecule has 6 rings (SSSR count). The molecule has 0 nitrogen and oxygen atoms in total. The topological polar surface area (TPSA) is 0 Å². The highest BCUT2D eigenvalue weighted by Crippen LogP contribution is 2.41. The SMILES string of the molecule is CC.CC.CCC(C)c1cccc(-c2ccc(C)cc2)c1-c1cc2ccccc2cc1C.CCc1ccccc1.Cc1ccccc1. The molecule has 0 heteroatoms. The van der Waals surface area contributed by atoms with E-state index in [0.29, 0.717) is 5.92 Å². The fraction of sp³-hybridized carbons (Fsp3) is 0.277. The lowest BCUT2D eigenvalue weighted by atomic mass is 9.83. The van der Waals surface area contributed by atoms with E-state index in [-0.39, 0.29) is 0 Å². The normalized spacial score (nSPS) is 10.4. The molecule has 0 spiro atoms. The van der Waals surface area contributed by atoms with Gasteiger partial charge < -0.3 is 0 Å². The Labute approximate surface area is 287 Å². The molecule has 0 saturated heterocycles. The summed E-state index contributed by atoms with van der Waals surface area (Å²) in [4.78, 5) is 0. The summed E-state index contributed by atoms with van der Waals surface area (Å²) < 4.78 is 0. The molecule has 0 aliphatic heterocycles. The minimum atomic E-state index is 0.520. The Morgan fingerprint density at radius 1 is 0.489 bits per heavy atom. The minimum absolute atomic E-state index is 0.520. The molecule has 0 aliphatic rings. The summed E-state index contributed by atoms with van der Waals surface area (Å²) in [5, 5.41) is 2.61. The van der Waals surface area contributed by atoms with Gasteiger partial charge in [-0.3, -0.25) is 0 Å². The highest BCUT2D eigenvalue weighted by Gasteiger charge is 2.18. The zero-order valence-electron chi connectivity index (χ0n) is 30.8. The zero-order chi connectivity index (χ0) is 34.6. The molecule has 0 N–H and O–H groups in total. The van der Waals surface area contributed by atoms with Gasteiger partial charge in [0.15, 0.2) is 0 Å². The van der Waals surface area contributed by atoms with Crippen molar-refractivity contribution in [3.63, 3.8) is 0 Å². The van der Waals surface area contributed by atoms with Crippen molar-refractivity contribution >= 4 is 10.8 Å². The molecule has 0 bridgehead atoms. The second-order valence-electron chi connectivity index (χ2n) is 11.5. The van der Waals surface area contributed by atoms with Crippen LogP contribution in [0.2, 0.25) is 0 Å². The number of hydrogen-bond acceptors (Lipinski definition) is 0. The van der Waals surface area contributed by atoms with Crippen LogP contribution in [-0.2, 0) is 6.42 Å². The van der Waals surface area contributed by atoms with Crippen LogP contribution in [0.3, 0.4) is 0 Å². The summed E-state index contributed by atoms with van der Waals surface area (Å²) in [5.74, 6) is 0.520. The van der Waals surface area contributed by atoms with Gasteiger partial charge in [0.05, 0.1) is 0 Å². The van der Waals surface area contributed by atoms with Gasteiger partial charge in [0.1, 0.15) is 0 Å². The molecule has 0 aromatic heterocycles. The van der Waals surface area contributed by atoms with Crippen LogP contribution in [0.4, 0.5) is 0 Å². The molecular weight excluding hydrogens is 565 g/mol. The Morgan fingerprint density at radius 2 is 1.00 bits per heavy atom. The van der Waals surface area contributed by atoms with E-state index >= 15 is 0 Å². The number of benzene rings is 6. The number of rotatable bonds is 5. The number of hydrogen-bond donors (Lipinski definition) is 0. The molecular formula is C47H58. The van der Waals surface area contributed by atoms with Crippen molar-refractivity contribution in [2.45, 2.75) is 88.0 Å². The maximum atomic E-state index is 2.38. The van der Waals surface area contributed by atoms with Crippen LogP contribution in [0.5, 0.6) is 0 Å². The van der Waals surface area contributed by atoms with Gasteiger partial charge in [-0.05, 0) is 95.3 Å². The second kappa shape index (κ2) is 21.4. The fourth-order valence-electron chi connectivity index (χ4n) is 5.35. The quantitative estimate of drug-likeness (QED) is 0.179. The van der Waals surface area contributed by atoms with Crippen molar-refractivity contribution < 1.29 is 0 Å². The minimum Gasteiger partial charge on any atom is -0.0683 e. The molecule has 0 amide bonds. The third-order valence-corrected chi connectivity index (χ3v) is 8.16. The lowest BCUT2D eigenvalue weighted by Gasteiger charge is -2.21. The van der Waals surface area contributed by atoms with Crippen LogP contribution in [0, 0.1) is 20.8 Å². The van der Waals surface area contributed by atoms with Gasteiger partial charge in [0.25, 0.3) is 0 Å². The van der Waals surface area contributed by atoms with E-state index in [1.54, 1.807) is 0 Å². The molecule has 0 saturated carbocycles. The molecule has 246 valence electrons. The van der Waals surface area contributed by atoms with E-state index in [1.165, 1.54) is 60.8 Å². The summed E-state index contributed by atoms with van der Waals surface area (Å²) in [6, 6.07) is 49.8. The van der Waals surface area contributed by atoms with Gasteiger partial charge in [-0.25, -0.2) is 0 Å². The first-order valence-electron chi connectivity index (χ1n) is 17.7. The van der Waals surface area contributed by atoms with Gasteiger partial charge in [-0.2, -0.15) is 0 Å². The predicted octanol–water partition coefficient (Wildman–Crippen LogP) is 14.6. The molecule has 6 aromatic rings. The Morgan fingerprint density at radius 3 is 1.49 bits per heavy atom. The lowest BCUT2D eigenvalue weighted by Crippen LogP contribution is -1.99. The predicted molar refractivity (Wildman–Crippen MR) is 213 cm³/mol. The summed E-state index contributed by atoms with van der Waals surface area (Å²) >= 11 is 0. The van der Waals surface area contributed by atoms with Crippen molar-refractivity contribution in [1.29, 1.82) is 0 Å². The first-order valence-corrected chi connectivity index (χ1v) is 17.7. The van der Waals surface area contributed by atoms with Crippen molar-refractivity contribution in [1.82, 2.24) is 0 Å². The van der Waals surface area contributed by atoms with Gasteiger partial charge in [0, 0.05) is 0 Å². The van der Waals surface area contributed by atoms with E-state index in [2.05, 4.69) is 157 Å². The Kier molecular flexibility index (Phi) is 17.6. The van der Waals surface area contributed by atoms with Crippen molar-refractivity contribution in [3.8, 4) is 22.3 Å². The highest BCUT2D eigenvalue weighted by molar-refractivity contribution is 5.94.